The normalized spacial score (nSPS) is 14.9. The second-order valence-corrected chi connectivity index (χ2v) is 11.7. The highest BCUT2D eigenvalue weighted by molar-refractivity contribution is 7.92. The SMILES string of the molecule is CCC(C(=O)NC1CCCC1)N(Cc1ccc(F)cc1)C(=O)CN(c1ccc(Cl)cc1Cl)S(C)(=O)=O. The summed E-state index contributed by atoms with van der Waals surface area (Å²) in [5, 5.41) is 3.41. The van der Waals surface area contributed by atoms with Gasteiger partial charge in [0.25, 0.3) is 0 Å². The van der Waals surface area contributed by atoms with E-state index in [1.54, 1.807) is 6.92 Å². The third kappa shape index (κ3) is 7.33. The Morgan fingerprint density at radius 3 is 2.31 bits per heavy atom. The van der Waals surface area contributed by atoms with Crippen LogP contribution >= 0.6 is 23.2 Å². The Labute approximate surface area is 221 Å². The molecular weight excluding hydrogens is 528 g/mol. The van der Waals surface area contributed by atoms with Gasteiger partial charge in [-0.25, -0.2) is 12.8 Å². The Bertz CT molecular complexity index is 1190. The second-order valence-electron chi connectivity index (χ2n) is 8.93. The van der Waals surface area contributed by atoms with Gasteiger partial charge in [-0.2, -0.15) is 0 Å². The number of anilines is 1. The predicted octanol–water partition coefficient (Wildman–Crippen LogP) is 4.76. The quantitative estimate of drug-likeness (QED) is 0.456. The highest BCUT2D eigenvalue weighted by Gasteiger charge is 2.33. The number of benzene rings is 2. The summed E-state index contributed by atoms with van der Waals surface area (Å²) in [4.78, 5) is 28.2. The van der Waals surface area contributed by atoms with Gasteiger partial charge in [0.1, 0.15) is 18.4 Å². The Kier molecular flexibility index (Phi) is 9.60. The van der Waals surface area contributed by atoms with Gasteiger partial charge in [0, 0.05) is 17.6 Å². The molecule has 0 aromatic heterocycles. The molecule has 1 atom stereocenters. The zero-order valence-electron chi connectivity index (χ0n) is 20.2. The zero-order chi connectivity index (χ0) is 26.5. The van der Waals surface area contributed by atoms with Crippen LogP contribution in [0.2, 0.25) is 10.0 Å². The fourth-order valence-corrected chi connectivity index (χ4v) is 5.77. The fraction of sp³-hybridized carbons (Fsp3) is 0.440. The smallest absolute Gasteiger partial charge is 0.244 e. The molecule has 0 heterocycles. The lowest BCUT2D eigenvalue weighted by Gasteiger charge is -2.33. The first-order valence-electron chi connectivity index (χ1n) is 11.8. The lowest BCUT2D eigenvalue weighted by Crippen LogP contribution is -2.53. The van der Waals surface area contributed by atoms with Gasteiger partial charge < -0.3 is 10.2 Å². The van der Waals surface area contributed by atoms with Gasteiger partial charge in [-0.1, -0.05) is 55.1 Å². The molecular formula is C25H30Cl2FN3O4S. The summed E-state index contributed by atoms with van der Waals surface area (Å²) >= 11 is 12.2. The van der Waals surface area contributed by atoms with Gasteiger partial charge in [-0.05, 0) is 55.2 Å². The second kappa shape index (κ2) is 12.3. The zero-order valence-corrected chi connectivity index (χ0v) is 22.5. The van der Waals surface area contributed by atoms with Crippen LogP contribution in [0.3, 0.4) is 0 Å². The summed E-state index contributed by atoms with van der Waals surface area (Å²) in [6, 6.07) is 9.10. The minimum absolute atomic E-state index is 0.00165. The number of halogens is 3. The van der Waals surface area contributed by atoms with Crippen LogP contribution in [0.15, 0.2) is 42.5 Å². The number of rotatable bonds is 10. The maximum atomic E-state index is 13.7. The van der Waals surface area contributed by atoms with Gasteiger partial charge in [0.15, 0.2) is 0 Å². The maximum Gasteiger partial charge on any atom is 0.244 e. The van der Waals surface area contributed by atoms with Gasteiger partial charge in [-0.3, -0.25) is 13.9 Å². The Morgan fingerprint density at radius 2 is 1.75 bits per heavy atom. The van der Waals surface area contributed by atoms with E-state index < -0.39 is 34.3 Å². The lowest BCUT2D eigenvalue weighted by molar-refractivity contribution is -0.140. The number of amides is 2. The summed E-state index contributed by atoms with van der Waals surface area (Å²) in [5.74, 6) is -1.32. The van der Waals surface area contributed by atoms with E-state index in [2.05, 4.69) is 5.32 Å². The van der Waals surface area contributed by atoms with Crippen molar-refractivity contribution in [3.8, 4) is 0 Å². The minimum atomic E-state index is -3.92. The monoisotopic (exact) mass is 557 g/mol. The van der Waals surface area contributed by atoms with Crippen molar-refractivity contribution in [3.05, 3.63) is 63.9 Å². The summed E-state index contributed by atoms with van der Waals surface area (Å²) in [6.45, 7) is 1.21. The Morgan fingerprint density at radius 1 is 1.11 bits per heavy atom. The molecule has 2 aromatic rings. The first-order chi connectivity index (χ1) is 17.0. The number of carbonyl (C=O) groups is 2. The molecule has 3 rings (SSSR count). The summed E-state index contributed by atoms with van der Waals surface area (Å²) in [6.07, 6.45) is 5.11. The number of nitrogens with zero attached hydrogens (tertiary/aromatic N) is 2. The molecule has 0 saturated heterocycles. The Hall–Kier alpha value is -2.36. The highest BCUT2D eigenvalue weighted by atomic mass is 35.5. The molecule has 7 nitrogen and oxygen atoms in total. The van der Waals surface area contributed by atoms with Crippen LogP contribution in [0.25, 0.3) is 0 Å². The number of carbonyl (C=O) groups excluding carboxylic acids is 2. The van der Waals surface area contributed by atoms with Crippen molar-refractivity contribution in [2.24, 2.45) is 0 Å². The van der Waals surface area contributed by atoms with Crippen molar-refractivity contribution in [1.82, 2.24) is 10.2 Å². The van der Waals surface area contributed by atoms with Crippen molar-refractivity contribution >= 4 is 50.7 Å². The van der Waals surface area contributed by atoms with E-state index in [4.69, 9.17) is 23.2 Å². The predicted molar refractivity (Wildman–Crippen MR) is 140 cm³/mol. The molecule has 1 unspecified atom stereocenters. The largest absolute Gasteiger partial charge is 0.352 e. The molecule has 196 valence electrons. The number of hydrogen-bond donors (Lipinski definition) is 1. The highest BCUT2D eigenvalue weighted by Crippen LogP contribution is 2.30. The molecule has 0 bridgehead atoms. The van der Waals surface area contributed by atoms with Gasteiger partial charge in [0.05, 0.1) is 17.0 Å². The lowest BCUT2D eigenvalue weighted by atomic mass is 10.1. The number of hydrogen-bond acceptors (Lipinski definition) is 4. The first kappa shape index (κ1) is 28.2. The van der Waals surface area contributed by atoms with Crippen LogP contribution in [0, 0.1) is 5.82 Å². The molecule has 0 spiro atoms. The number of nitrogens with one attached hydrogen (secondary N) is 1. The van der Waals surface area contributed by atoms with E-state index in [9.17, 15) is 22.4 Å². The summed E-state index contributed by atoms with van der Waals surface area (Å²) in [5.41, 5.74) is 0.703. The minimum Gasteiger partial charge on any atom is -0.352 e. The molecule has 0 aliphatic heterocycles. The summed E-state index contributed by atoms with van der Waals surface area (Å²) in [7, 11) is -3.92. The molecule has 2 amide bonds. The number of sulfonamides is 1. The molecule has 1 saturated carbocycles. The third-order valence-corrected chi connectivity index (χ3v) is 7.88. The van der Waals surface area contributed by atoms with Crippen molar-refractivity contribution in [2.45, 2.75) is 57.7 Å². The topological polar surface area (TPSA) is 86.8 Å². The standard InChI is InChI=1S/C25H30Cl2FN3O4S/c1-3-22(25(33)29-20-6-4-5-7-20)30(15-17-8-11-19(28)12-9-17)24(32)16-31(36(2,34)35)23-13-10-18(26)14-21(23)27/h8-14,20,22H,3-7,15-16H2,1-2H3,(H,29,33). The van der Waals surface area contributed by atoms with E-state index in [0.717, 1.165) is 36.2 Å². The van der Waals surface area contributed by atoms with Gasteiger partial charge in [0.2, 0.25) is 21.8 Å². The fourth-order valence-electron chi connectivity index (χ4n) is 4.35. The Balaban J connectivity index is 1.93. The summed E-state index contributed by atoms with van der Waals surface area (Å²) < 4.78 is 39.7. The molecule has 1 fully saturated rings. The molecule has 36 heavy (non-hydrogen) atoms. The third-order valence-electron chi connectivity index (χ3n) is 6.21. The van der Waals surface area contributed by atoms with Crippen LogP contribution in [0.1, 0.15) is 44.6 Å². The van der Waals surface area contributed by atoms with Gasteiger partial charge in [-0.15, -0.1) is 0 Å². The molecule has 0 radical (unpaired) electrons. The van der Waals surface area contributed by atoms with E-state index in [-0.39, 0.29) is 29.2 Å². The van der Waals surface area contributed by atoms with E-state index in [1.165, 1.54) is 47.4 Å². The maximum absolute atomic E-state index is 13.7. The molecule has 1 N–H and O–H groups in total. The van der Waals surface area contributed by atoms with Crippen LogP contribution < -0.4 is 9.62 Å². The van der Waals surface area contributed by atoms with E-state index in [0.29, 0.717) is 17.0 Å². The van der Waals surface area contributed by atoms with Crippen LogP contribution in [-0.4, -0.2) is 50.0 Å². The van der Waals surface area contributed by atoms with E-state index >= 15 is 0 Å². The van der Waals surface area contributed by atoms with Crippen molar-refractivity contribution in [1.29, 1.82) is 0 Å². The van der Waals surface area contributed by atoms with Crippen LogP contribution in [0.4, 0.5) is 10.1 Å². The van der Waals surface area contributed by atoms with Crippen molar-refractivity contribution in [3.63, 3.8) is 0 Å². The molecule has 1 aliphatic carbocycles. The van der Waals surface area contributed by atoms with Crippen molar-refractivity contribution < 1.29 is 22.4 Å². The van der Waals surface area contributed by atoms with Gasteiger partial charge >= 0.3 is 0 Å². The first-order valence-corrected chi connectivity index (χ1v) is 14.4. The average Bonchev–Trinajstić information content (AvgIpc) is 3.31. The van der Waals surface area contributed by atoms with Crippen LogP contribution in [0.5, 0.6) is 0 Å². The van der Waals surface area contributed by atoms with Crippen molar-refractivity contribution in [2.75, 3.05) is 17.1 Å². The van der Waals surface area contributed by atoms with E-state index in [1.807, 2.05) is 0 Å². The average molecular weight is 559 g/mol. The van der Waals surface area contributed by atoms with Crippen LogP contribution in [-0.2, 0) is 26.2 Å². The molecule has 1 aliphatic rings. The molecule has 2 aromatic carbocycles. The molecule has 11 heteroatoms.